The van der Waals surface area contributed by atoms with Gasteiger partial charge in [0.1, 0.15) is 23.5 Å². The van der Waals surface area contributed by atoms with Crippen molar-refractivity contribution in [3.63, 3.8) is 0 Å². The lowest BCUT2D eigenvalue weighted by atomic mass is 9.97. The number of hydrogen-bond donors (Lipinski definition) is 4. The van der Waals surface area contributed by atoms with Gasteiger partial charge in [0.15, 0.2) is 5.17 Å². The molecule has 11 heteroatoms. The van der Waals surface area contributed by atoms with Crippen molar-refractivity contribution in [2.75, 3.05) is 30.2 Å². The van der Waals surface area contributed by atoms with E-state index in [1.807, 2.05) is 25.1 Å². The van der Waals surface area contributed by atoms with E-state index in [2.05, 4.69) is 16.2 Å². The number of amides is 1. The van der Waals surface area contributed by atoms with Gasteiger partial charge in [0, 0.05) is 12.1 Å². The Hall–Kier alpha value is -2.79. The number of halogens is 1. The summed E-state index contributed by atoms with van der Waals surface area (Å²) < 4.78 is 10.6. The van der Waals surface area contributed by atoms with Crippen LogP contribution in [0.2, 0.25) is 5.02 Å². The lowest BCUT2D eigenvalue weighted by molar-refractivity contribution is -0.113. The molecule has 0 aliphatic carbocycles. The number of nitrogens with one attached hydrogen (secondary N) is 4. The maximum Gasteiger partial charge on any atom is 0.234 e. The van der Waals surface area contributed by atoms with E-state index < -0.39 is 0 Å². The van der Waals surface area contributed by atoms with Crippen LogP contribution in [0, 0.1) is 11.3 Å². The zero-order chi connectivity index (χ0) is 23.5. The Morgan fingerprint density at radius 3 is 2.76 bits per heavy atom. The average molecular weight is 489 g/mol. The van der Waals surface area contributed by atoms with E-state index in [-0.39, 0.29) is 29.8 Å². The van der Waals surface area contributed by atoms with Gasteiger partial charge < -0.3 is 14.8 Å². The Balaban J connectivity index is 1.54. The first-order valence-corrected chi connectivity index (χ1v) is 11.7. The molecule has 1 saturated heterocycles. The molecule has 0 radical (unpaired) electrons. The van der Waals surface area contributed by atoms with Crippen molar-refractivity contribution in [1.82, 2.24) is 10.9 Å². The second-order valence-corrected chi connectivity index (χ2v) is 8.88. The van der Waals surface area contributed by atoms with E-state index in [9.17, 15) is 4.79 Å². The number of nitrogens with zero attached hydrogens (tertiary/aromatic N) is 2. The predicted molar refractivity (Wildman–Crippen MR) is 133 cm³/mol. The second-order valence-electron chi connectivity index (χ2n) is 7.53. The number of para-hydroxylation sites is 1. The molecule has 9 nitrogen and oxygen atoms in total. The molecule has 2 heterocycles. The summed E-state index contributed by atoms with van der Waals surface area (Å²) in [6.45, 7) is 2.00. The Bertz CT molecular complexity index is 1100. The van der Waals surface area contributed by atoms with Crippen LogP contribution in [-0.2, 0) is 4.79 Å². The number of hydrazine groups is 1. The van der Waals surface area contributed by atoms with Gasteiger partial charge in [-0.3, -0.25) is 20.5 Å². The van der Waals surface area contributed by atoms with E-state index in [0.717, 1.165) is 0 Å². The molecule has 33 heavy (non-hydrogen) atoms. The number of thioether (sulfide) groups is 1. The number of carbonyl (C=O) groups is 1. The van der Waals surface area contributed by atoms with Gasteiger partial charge in [0.25, 0.3) is 0 Å². The minimum atomic E-state index is -0.293. The molecule has 2 aromatic rings. The number of anilines is 2. The van der Waals surface area contributed by atoms with Crippen LogP contribution >= 0.6 is 23.4 Å². The van der Waals surface area contributed by atoms with Gasteiger partial charge in [-0.2, -0.15) is 0 Å². The lowest BCUT2D eigenvalue weighted by Gasteiger charge is -2.36. The van der Waals surface area contributed by atoms with Gasteiger partial charge in [-0.05, 0) is 31.2 Å². The summed E-state index contributed by atoms with van der Waals surface area (Å²) in [6, 6.07) is 12.5. The number of amidine groups is 2. The standard InChI is InChI=1S/C22H25ClN6O3S/c1-12-19-20(24)29(16-7-5-4-6-14(16)23)22(26-21(19)28-27-12)33-11-18(30)25-15-9-8-13(31-2)10-17(15)32-3/h4-10,12,19,21,24,27-28H,11H2,1-3H3,(H,25,30). The molecule has 0 aromatic heterocycles. The summed E-state index contributed by atoms with van der Waals surface area (Å²) in [6.07, 6.45) is -0.293. The molecule has 2 aromatic carbocycles. The van der Waals surface area contributed by atoms with E-state index >= 15 is 0 Å². The van der Waals surface area contributed by atoms with Crippen molar-refractivity contribution in [3.05, 3.63) is 47.5 Å². The molecule has 1 amide bonds. The van der Waals surface area contributed by atoms with E-state index in [4.69, 9.17) is 31.5 Å². The molecular weight excluding hydrogens is 464 g/mol. The number of ether oxygens (including phenoxy) is 2. The van der Waals surface area contributed by atoms with Crippen LogP contribution in [0.25, 0.3) is 0 Å². The minimum Gasteiger partial charge on any atom is -0.497 e. The van der Waals surface area contributed by atoms with Crippen LogP contribution in [0.3, 0.4) is 0 Å². The zero-order valence-electron chi connectivity index (χ0n) is 18.4. The molecule has 3 unspecified atom stereocenters. The first-order chi connectivity index (χ1) is 15.9. The number of fused-ring (bicyclic) bond motifs is 1. The quantitative estimate of drug-likeness (QED) is 0.493. The highest BCUT2D eigenvalue weighted by Crippen LogP contribution is 2.35. The fourth-order valence-electron chi connectivity index (χ4n) is 3.78. The minimum absolute atomic E-state index is 0.0219. The number of aliphatic imine (C=N–C) groups is 1. The van der Waals surface area contributed by atoms with Gasteiger partial charge >= 0.3 is 0 Å². The molecule has 174 valence electrons. The van der Waals surface area contributed by atoms with Gasteiger partial charge in [-0.15, -0.1) is 0 Å². The summed E-state index contributed by atoms with van der Waals surface area (Å²) in [5.41, 5.74) is 7.48. The first kappa shape index (κ1) is 23.4. The third-order valence-corrected chi connectivity index (χ3v) is 6.72. The molecule has 4 rings (SSSR count). The second kappa shape index (κ2) is 10.0. The average Bonchev–Trinajstić information content (AvgIpc) is 3.19. The summed E-state index contributed by atoms with van der Waals surface area (Å²) in [5.74, 6) is 1.19. The molecule has 1 fully saturated rings. The summed E-state index contributed by atoms with van der Waals surface area (Å²) >= 11 is 7.70. The van der Waals surface area contributed by atoms with Gasteiger partial charge in [-0.25, -0.2) is 10.4 Å². The Morgan fingerprint density at radius 1 is 1.24 bits per heavy atom. The maximum absolute atomic E-state index is 12.7. The van der Waals surface area contributed by atoms with Crippen molar-refractivity contribution in [2.45, 2.75) is 19.1 Å². The Labute approximate surface area is 201 Å². The smallest absolute Gasteiger partial charge is 0.234 e. The Morgan fingerprint density at radius 2 is 2.03 bits per heavy atom. The Kier molecular flexibility index (Phi) is 7.08. The molecular formula is C22H25ClN6O3S. The molecule has 2 aliphatic rings. The van der Waals surface area contributed by atoms with Crippen molar-refractivity contribution in [2.24, 2.45) is 10.9 Å². The number of methoxy groups -OCH3 is 2. The fraction of sp³-hybridized carbons (Fsp3) is 0.318. The SMILES string of the molecule is COc1ccc(NC(=O)CSC2=NC3NNC(C)C3C(=N)N2c2ccccc2Cl)c(OC)c1. The monoisotopic (exact) mass is 488 g/mol. The molecule has 4 N–H and O–H groups in total. The summed E-state index contributed by atoms with van der Waals surface area (Å²) in [4.78, 5) is 19.3. The third kappa shape index (κ3) is 4.79. The predicted octanol–water partition coefficient (Wildman–Crippen LogP) is 3.32. The normalized spacial score (nSPS) is 21.9. The number of benzene rings is 2. The van der Waals surface area contributed by atoms with E-state index in [1.54, 1.807) is 36.3 Å². The molecule has 2 aliphatic heterocycles. The molecule has 0 saturated carbocycles. The van der Waals surface area contributed by atoms with E-state index in [1.165, 1.54) is 18.9 Å². The number of carbonyl (C=O) groups excluding carboxylic acids is 1. The topological polar surface area (TPSA) is 111 Å². The van der Waals surface area contributed by atoms with Crippen molar-refractivity contribution >= 4 is 51.6 Å². The number of rotatable bonds is 6. The molecule has 0 spiro atoms. The van der Waals surface area contributed by atoms with Crippen LogP contribution in [0.4, 0.5) is 11.4 Å². The van der Waals surface area contributed by atoms with Gasteiger partial charge in [-0.1, -0.05) is 35.5 Å². The van der Waals surface area contributed by atoms with Crippen molar-refractivity contribution < 1.29 is 14.3 Å². The third-order valence-electron chi connectivity index (χ3n) is 5.44. The van der Waals surface area contributed by atoms with Crippen LogP contribution < -0.4 is 30.5 Å². The highest BCUT2D eigenvalue weighted by Gasteiger charge is 2.44. The highest BCUT2D eigenvalue weighted by molar-refractivity contribution is 8.14. The van der Waals surface area contributed by atoms with Gasteiger partial charge in [0.05, 0.1) is 42.3 Å². The maximum atomic E-state index is 12.7. The highest BCUT2D eigenvalue weighted by atomic mass is 35.5. The number of hydrogen-bond acceptors (Lipinski definition) is 8. The zero-order valence-corrected chi connectivity index (χ0v) is 20.0. The van der Waals surface area contributed by atoms with Crippen LogP contribution in [0.1, 0.15) is 6.92 Å². The largest absolute Gasteiger partial charge is 0.497 e. The lowest BCUT2D eigenvalue weighted by Crippen LogP contribution is -2.50. The van der Waals surface area contributed by atoms with Crippen LogP contribution in [0.15, 0.2) is 47.5 Å². The van der Waals surface area contributed by atoms with Crippen molar-refractivity contribution in [1.29, 1.82) is 5.41 Å². The van der Waals surface area contributed by atoms with E-state index in [0.29, 0.717) is 38.9 Å². The van der Waals surface area contributed by atoms with Gasteiger partial charge in [0.2, 0.25) is 5.91 Å². The molecule has 0 bridgehead atoms. The summed E-state index contributed by atoms with van der Waals surface area (Å²) in [7, 11) is 3.10. The van der Waals surface area contributed by atoms with Crippen molar-refractivity contribution in [3.8, 4) is 11.5 Å². The fourth-order valence-corrected chi connectivity index (χ4v) is 4.85. The molecule has 3 atom stereocenters. The van der Waals surface area contributed by atoms with Crippen LogP contribution in [0.5, 0.6) is 11.5 Å². The first-order valence-electron chi connectivity index (χ1n) is 10.3. The van der Waals surface area contributed by atoms with Crippen LogP contribution in [-0.4, -0.2) is 49.1 Å². The summed E-state index contributed by atoms with van der Waals surface area (Å²) in [5, 5.41) is 12.8.